The zero-order valence-electron chi connectivity index (χ0n) is 4.07. The molecule has 0 aromatic carbocycles. The first-order valence-corrected chi connectivity index (χ1v) is 2.30. The second-order valence-electron chi connectivity index (χ2n) is 1.53. The Balaban J connectivity index is 3.06. The third kappa shape index (κ3) is 0.294. The third-order valence-electron chi connectivity index (χ3n) is 1.03. The van der Waals surface area contributed by atoms with E-state index < -0.39 is 0 Å². The van der Waals surface area contributed by atoms with Crippen LogP contribution in [0.2, 0.25) is 0 Å². The second kappa shape index (κ2) is 1.09. The molecule has 2 heterocycles. The molecule has 2 rings (SSSR count). The number of hydrogen-bond donors (Lipinski definition) is 1. The maximum absolute atomic E-state index is 3.69. The van der Waals surface area contributed by atoms with E-state index in [9.17, 15) is 0 Å². The van der Waals surface area contributed by atoms with Crippen molar-refractivity contribution < 1.29 is 0 Å². The molecule has 8 heavy (non-hydrogen) atoms. The van der Waals surface area contributed by atoms with Gasteiger partial charge in [-0.3, -0.25) is 5.10 Å². The number of nitrogens with one attached hydrogen (secondary N) is 1. The van der Waals surface area contributed by atoms with E-state index in [-0.39, 0.29) is 0 Å². The number of fused-ring (bicyclic) bond motifs is 1. The summed E-state index contributed by atoms with van der Waals surface area (Å²) in [7, 11) is 0. The van der Waals surface area contributed by atoms with E-state index in [1.165, 1.54) is 0 Å². The van der Waals surface area contributed by atoms with Crippen molar-refractivity contribution in [1.82, 2.24) is 20.0 Å². The van der Waals surface area contributed by atoms with Gasteiger partial charge < -0.3 is 0 Å². The van der Waals surface area contributed by atoms with Crippen LogP contribution in [0.25, 0.3) is 5.52 Å². The van der Waals surface area contributed by atoms with E-state index in [0.29, 0.717) is 0 Å². The average Bonchev–Trinajstić information content (AvgIpc) is 2.15. The minimum atomic E-state index is 0.991. The molecule has 2 aromatic heterocycles. The molecule has 0 amide bonds. The van der Waals surface area contributed by atoms with Crippen molar-refractivity contribution in [2.45, 2.75) is 0 Å². The summed E-state index contributed by atoms with van der Waals surface area (Å²) in [6.07, 6.45) is 3.50. The van der Waals surface area contributed by atoms with Crippen molar-refractivity contribution in [2.75, 3.05) is 0 Å². The first kappa shape index (κ1) is 3.65. The minimum Gasteiger partial charge on any atom is -0.284 e. The zero-order valence-corrected chi connectivity index (χ0v) is 4.07. The van der Waals surface area contributed by atoms with E-state index in [1.807, 2.05) is 12.3 Å². The van der Waals surface area contributed by atoms with Gasteiger partial charge in [-0.1, -0.05) is 0 Å². The number of hydrogen-bond acceptors (Lipinski definition) is 2. The van der Waals surface area contributed by atoms with Crippen LogP contribution in [-0.2, 0) is 0 Å². The number of aromatic nitrogens is 4. The van der Waals surface area contributed by atoms with Crippen LogP contribution in [0.4, 0.5) is 0 Å². The quantitative estimate of drug-likeness (QED) is 0.518. The predicted molar refractivity (Wildman–Crippen MR) is 27.3 cm³/mol. The number of H-pyrrole nitrogens is 1. The number of aromatic amines is 1. The Bertz CT molecular complexity index is 229. The second-order valence-corrected chi connectivity index (χ2v) is 1.53. The molecule has 0 aliphatic rings. The van der Waals surface area contributed by atoms with E-state index in [4.69, 9.17) is 0 Å². The van der Waals surface area contributed by atoms with Gasteiger partial charge in [-0.2, -0.15) is 4.63 Å². The summed E-state index contributed by atoms with van der Waals surface area (Å²) >= 11 is 0. The van der Waals surface area contributed by atoms with Crippen molar-refractivity contribution in [1.29, 1.82) is 0 Å². The van der Waals surface area contributed by atoms with Crippen LogP contribution in [0.5, 0.6) is 0 Å². The molecule has 4 heteroatoms. The van der Waals surface area contributed by atoms with Gasteiger partial charge in [0.1, 0.15) is 5.52 Å². The lowest BCUT2D eigenvalue weighted by molar-refractivity contribution is 0.757. The van der Waals surface area contributed by atoms with Crippen LogP contribution in [-0.4, -0.2) is 20.0 Å². The summed E-state index contributed by atoms with van der Waals surface area (Å²) in [6, 6.07) is 1.90. The smallest absolute Gasteiger partial charge is 0.107 e. The topological polar surface area (TPSA) is 46.0 Å². The molecule has 0 saturated carbocycles. The van der Waals surface area contributed by atoms with E-state index in [0.717, 1.165) is 5.52 Å². The molecular formula is C4H4N4. The lowest BCUT2D eigenvalue weighted by atomic mass is 10.6. The van der Waals surface area contributed by atoms with Gasteiger partial charge in [0, 0.05) is 6.20 Å². The molecule has 1 N–H and O–H groups in total. The Hall–Kier alpha value is -1.32. The molecule has 0 radical (unpaired) electrons. The van der Waals surface area contributed by atoms with Gasteiger partial charge in [-0.15, -0.1) is 5.10 Å². The molecule has 2 aromatic rings. The Morgan fingerprint density at radius 2 is 2.62 bits per heavy atom. The van der Waals surface area contributed by atoms with Crippen molar-refractivity contribution in [2.24, 2.45) is 0 Å². The molecule has 0 aliphatic heterocycles. The van der Waals surface area contributed by atoms with Gasteiger partial charge >= 0.3 is 0 Å². The number of rotatable bonds is 0. The molecule has 0 unspecified atom stereocenters. The first-order valence-electron chi connectivity index (χ1n) is 2.30. The summed E-state index contributed by atoms with van der Waals surface area (Å²) in [4.78, 5) is 0. The lowest BCUT2D eigenvalue weighted by Crippen LogP contribution is -1.83. The van der Waals surface area contributed by atoms with Gasteiger partial charge in [-0.25, -0.2) is 0 Å². The fraction of sp³-hybridized carbons (Fsp3) is 0. The maximum Gasteiger partial charge on any atom is 0.107 e. The van der Waals surface area contributed by atoms with Gasteiger partial charge in [-0.05, 0) is 11.3 Å². The molecule has 0 spiro atoms. The maximum atomic E-state index is 3.69. The summed E-state index contributed by atoms with van der Waals surface area (Å²) in [5, 5.41) is 10.2. The van der Waals surface area contributed by atoms with Crippen LogP contribution in [0.3, 0.4) is 0 Å². The van der Waals surface area contributed by atoms with Crippen LogP contribution in [0.1, 0.15) is 0 Å². The van der Waals surface area contributed by atoms with Gasteiger partial charge in [0.2, 0.25) is 0 Å². The molecular weight excluding hydrogens is 104 g/mol. The van der Waals surface area contributed by atoms with Gasteiger partial charge in [0.15, 0.2) is 0 Å². The van der Waals surface area contributed by atoms with Crippen molar-refractivity contribution in [3.8, 4) is 0 Å². The van der Waals surface area contributed by atoms with Crippen LogP contribution >= 0.6 is 0 Å². The monoisotopic (exact) mass is 108 g/mol. The first-order chi connectivity index (χ1) is 3.97. The van der Waals surface area contributed by atoms with E-state index in [1.54, 1.807) is 10.8 Å². The number of nitrogens with zero attached hydrogens (tertiary/aromatic N) is 3. The fourth-order valence-corrected chi connectivity index (χ4v) is 0.650. The highest BCUT2D eigenvalue weighted by atomic mass is 15.5. The average molecular weight is 108 g/mol. The Morgan fingerprint density at radius 3 is 3.50 bits per heavy atom. The van der Waals surface area contributed by atoms with Crippen molar-refractivity contribution >= 4 is 5.52 Å². The van der Waals surface area contributed by atoms with Crippen LogP contribution in [0.15, 0.2) is 18.5 Å². The minimum absolute atomic E-state index is 0.991. The zero-order chi connectivity index (χ0) is 5.40. The van der Waals surface area contributed by atoms with E-state index in [2.05, 4.69) is 15.4 Å². The van der Waals surface area contributed by atoms with Crippen LogP contribution < -0.4 is 0 Å². The molecule has 0 fully saturated rings. The summed E-state index contributed by atoms with van der Waals surface area (Å²) < 4.78 is 1.60. The lowest BCUT2D eigenvalue weighted by Gasteiger charge is -1.72. The standard InChI is InChI=1S/C4H4N4/c1-2-6-8-4(1)3-5-7-8/h1-3,6H. The Morgan fingerprint density at radius 1 is 1.62 bits per heavy atom. The summed E-state index contributed by atoms with van der Waals surface area (Å²) in [5.41, 5.74) is 0.991. The molecule has 40 valence electrons. The summed E-state index contributed by atoms with van der Waals surface area (Å²) in [5.74, 6) is 0. The fourth-order valence-electron chi connectivity index (χ4n) is 0.650. The molecule has 0 saturated heterocycles. The molecule has 4 nitrogen and oxygen atoms in total. The Kier molecular flexibility index (Phi) is 0.498. The highest BCUT2D eigenvalue weighted by Crippen LogP contribution is 1.93. The largest absolute Gasteiger partial charge is 0.284 e. The van der Waals surface area contributed by atoms with Crippen LogP contribution in [0, 0.1) is 0 Å². The predicted octanol–water partition coefficient (Wildman–Crippen LogP) is 0.0574. The highest BCUT2D eigenvalue weighted by Gasteiger charge is 1.88. The van der Waals surface area contributed by atoms with Gasteiger partial charge in [0.05, 0.1) is 6.20 Å². The SMILES string of the molecule is c1cc2cnnn2[nH]1. The third-order valence-corrected chi connectivity index (χ3v) is 1.03. The Labute approximate surface area is 45.1 Å². The van der Waals surface area contributed by atoms with Gasteiger partial charge in [0.25, 0.3) is 0 Å². The highest BCUT2D eigenvalue weighted by molar-refractivity contribution is 5.40. The van der Waals surface area contributed by atoms with E-state index >= 15 is 0 Å². The van der Waals surface area contributed by atoms with Crippen molar-refractivity contribution in [3.63, 3.8) is 0 Å². The molecule has 0 aliphatic carbocycles. The van der Waals surface area contributed by atoms with Crippen molar-refractivity contribution in [3.05, 3.63) is 18.5 Å². The molecule has 0 bridgehead atoms. The molecule has 0 atom stereocenters. The normalized spacial score (nSPS) is 10.5. The summed E-state index contributed by atoms with van der Waals surface area (Å²) in [6.45, 7) is 0.